The van der Waals surface area contributed by atoms with E-state index in [0.717, 1.165) is 54.7 Å². The molecule has 1 aliphatic heterocycles. The van der Waals surface area contributed by atoms with E-state index >= 15 is 0 Å². The number of thioether (sulfide) groups is 1. The third-order valence-electron chi connectivity index (χ3n) is 8.00. The average molecular weight is 904 g/mol. The van der Waals surface area contributed by atoms with Crippen molar-refractivity contribution in [2.24, 2.45) is 5.41 Å². The molecule has 0 bridgehead atoms. The number of rotatable bonds is 24. The number of aliphatic hydroxyl groups excluding tert-OH is 2. The maximum absolute atomic E-state index is 12.7. The van der Waals surface area contributed by atoms with Gasteiger partial charge in [0.25, 0.3) is 0 Å². The van der Waals surface area contributed by atoms with Crippen LogP contribution in [0.3, 0.4) is 0 Å². The molecule has 0 saturated carbocycles. The summed E-state index contributed by atoms with van der Waals surface area (Å²) in [6, 6.07) is 0. The van der Waals surface area contributed by atoms with Gasteiger partial charge >= 0.3 is 53.0 Å². The number of nitrogen functional groups attached to an aromatic ring is 1. The number of hydrogen-bond donors (Lipinski definition) is 9. The predicted molar refractivity (Wildman–Crippen MR) is 197 cm³/mol. The van der Waals surface area contributed by atoms with Crippen LogP contribution < -0.4 is 45.9 Å². The second-order valence-electron chi connectivity index (χ2n) is 13.1. The van der Waals surface area contributed by atoms with E-state index in [1.54, 1.807) is 0 Å². The summed E-state index contributed by atoms with van der Waals surface area (Å²) in [5.41, 5.74) is 4.27. The third kappa shape index (κ3) is 16.9. The molecule has 2 amide bonds. The van der Waals surface area contributed by atoms with E-state index in [1.807, 2.05) is 0 Å². The largest absolute Gasteiger partial charge is 1.00 e. The monoisotopic (exact) mass is 903 g/mol. The number of anilines is 1. The molecule has 1 aliphatic rings. The van der Waals surface area contributed by atoms with E-state index in [9.17, 15) is 57.9 Å². The SMILES string of the molecule is CCCCCCC(=O)SCCNC(=O)CCNC(=O)[C@H](O)C(C)(C)COP(=O)(O)OP(=O)(O)OC[C@H]1O[C@@H](n2cnc3c(N)ncnc32)[C@H](O)[C@@H]1OP(=O)(O)O.[H-].[Na+]. The molecule has 1 saturated heterocycles. The summed E-state index contributed by atoms with van der Waals surface area (Å²) in [4.78, 5) is 87.5. The molecule has 0 aliphatic carbocycles. The Balaban J connectivity index is 0.00000841. The minimum Gasteiger partial charge on any atom is -1.00 e. The summed E-state index contributed by atoms with van der Waals surface area (Å²) >= 11 is 1.13. The molecular formula is C28H49N7NaO17P3S. The van der Waals surface area contributed by atoms with Crippen LogP contribution in [0, 0.1) is 5.41 Å². The van der Waals surface area contributed by atoms with E-state index in [2.05, 4.69) is 41.3 Å². The Hall–Kier alpha value is -1.44. The van der Waals surface area contributed by atoms with Gasteiger partial charge in [0.1, 0.15) is 36.3 Å². The van der Waals surface area contributed by atoms with Gasteiger partial charge in [-0.25, -0.2) is 28.6 Å². The Morgan fingerprint density at radius 2 is 1.72 bits per heavy atom. The molecule has 0 spiro atoms. The van der Waals surface area contributed by atoms with Crippen LogP contribution in [0.2, 0.25) is 0 Å². The van der Waals surface area contributed by atoms with E-state index in [0.29, 0.717) is 12.2 Å². The van der Waals surface area contributed by atoms with Crippen LogP contribution >= 0.6 is 35.2 Å². The molecule has 57 heavy (non-hydrogen) atoms. The quantitative estimate of drug-likeness (QED) is 0.0305. The number of amides is 2. The van der Waals surface area contributed by atoms with Gasteiger partial charge in [-0.15, -0.1) is 0 Å². The van der Waals surface area contributed by atoms with Gasteiger partial charge in [0, 0.05) is 37.1 Å². The molecule has 0 aromatic carbocycles. The van der Waals surface area contributed by atoms with Gasteiger partial charge in [-0.2, -0.15) is 4.31 Å². The Bertz CT molecular complexity index is 1810. The number of imidazole rings is 1. The molecule has 2 aromatic heterocycles. The van der Waals surface area contributed by atoms with Crippen molar-refractivity contribution < 1.29 is 111 Å². The zero-order valence-corrected chi connectivity index (χ0v) is 37.1. The van der Waals surface area contributed by atoms with Crippen LogP contribution in [0.1, 0.15) is 67.0 Å². The van der Waals surface area contributed by atoms with Gasteiger partial charge in [0.2, 0.25) is 11.8 Å². The number of fused-ring (bicyclic) bond motifs is 1. The maximum Gasteiger partial charge on any atom is 1.00 e. The van der Waals surface area contributed by atoms with Gasteiger partial charge < -0.3 is 52.3 Å². The average Bonchev–Trinajstić information content (AvgIpc) is 3.66. The van der Waals surface area contributed by atoms with E-state index in [4.69, 9.17) is 19.5 Å². The first-order valence-corrected chi connectivity index (χ1v) is 22.6. The van der Waals surface area contributed by atoms with Gasteiger partial charge in [-0.1, -0.05) is 51.8 Å². The topological polar surface area (TPSA) is 364 Å². The number of nitrogens with one attached hydrogen (secondary N) is 2. The fourth-order valence-electron chi connectivity index (χ4n) is 5.06. The predicted octanol–water partition coefficient (Wildman–Crippen LogP) is -2.25. The first kappa shape index (κ1) is 51.7. The Labute approximate surface area is 355 Å². The van der Waals surface area contributed by atoms with Crippen LogP contribution in [0.5, 0.6) is 0 Å². The summed E-state index contributed by atoms with van der Waals surface area (Å²) in [5.74, 6) is -1.04. The van der Waals surface area contributed by atoms with Crippen LogP contribution in [0.4, 0.5) is 5.82 Å². The van der Waals surface area contributed by atoms with Crippen molar-refractivity contribution in [1.82, 2.24) is 30.2 Å². The second-order valence-corrected chi connectivity index (χ2v) is 18.5. The molecule has 320 valence electrons. The summed E-state index contributed by atoms with van der Waals surface area (Å²) in [5, 5.41) is 26.4. The molecule has 24 nitrogen and oxygen atoms in total. The van der Waals surface area contributed by atoms with Crippen molar-refractivity contribution >= 4 is 69.1 Å². The fraction of sp³-hybridized carbons (Fsp3) is 0.714. The van der Waals surface area contributed by atoms with E-state index in [1.165, 1.54) is 13.8 Å². The minimum atomic E-state index is -5.56. The first-order chi connectivity index (χ1) is 26.1. The molecule has 10 N–H and O–H groups in total. The van der Waals surface area contributed by atoms with Crippen LogP contribution in [-0.2, 0) is 50.7 Å². The molecule has 3 rings (SSSR count). The number of carbonyl (C=O) groups is 3. The Morgan fingerprint density at radius 3 is 2.39 bits per heavy atom. The van der Waals surface area contributed by atoms with E-state index < -0.39 is 84.6 Å². The molecule has 0 radical (unpaired) electrons. The van der Waals surface area contributed by atoms with E-state index in [-0.39, 0.29) is 72.6 Å². The fourth-order valence-corrected chi connectivity index (χ4v) is 8.61. The van der Waals surface area contributed by atoms with Crippen LogP contribution in [-0.4, -0.2) is 123 Å². The molecule has 1 fully saturated rings. The number of phosphoric acid groups is 3. The van der Waals surface area contributed by atoms with Crippen LogP contribution in [0.15, 0.2) is 12.7 Å². The molecule has 2 aromatic rings. The summed E-state index contributed by atoms with van der Waals surface area (Å²) in [6.07, 6.45) is -2.45. The van der Waals surface area contributed by atoms with Crippen molar-refractivity contribution in [2.75, 3.05) is 37.8 Å². The van der Waals surface area contributed by atoms with Gasteiger partial charge in [0.15, 0.2) is 22.8 Å². The van der Waals surface area contributed by atoms with Crippen molar-refractivity contribution in [2.45, 2.75) is 89.9 Å². The Morgan fingerprint density at radius 1 is 1.04 bits per heavy atom. The number of hydrogen-bond acceptors (Lipinski definition) is 18. The van der Waals surface area contributed by atoms with Crippen LogP contribution in [0.25, 0.3) is 11.2 Å². The first-order valence-electron chi connectivity index (χ1n) is 17.1. The van der Waals surface area contributed by atoms with Crippen molar-refractivity contribution in [3.8, 4) is 0 Å². The molecule has 7 atom stereocenters. The zero-order valence-electron chi connectivity index (χ0n) is 32.6. The summed E-state index contributed by atoms with van der Waals surface area (Å²) in [7, 11) is -16.4. The molecule has 2 unspecified atom stereocenters. The minimum absolute atomic E-state index is 0. The number of nitrogens with two attached hydrogens (primary N) is 1. The summed E-state index contributed by atoms with van der Waals surface area (Å²) < 4.78 is 62.1. The van der Waals surface area contributed by atoms with Crippen molar-refractivity contribution in [1.29, 1.82) is 0 Å². The zero-order chi connectivity index (χ0) is 41.9. The normalized spacial score (nSPS) is 21.3. The molecular weight excluding hydrogens is 854 g/mol. The standard InChI is InChI=1S/C28H48N7O17P3S.Na.H/c1-4-5-6-7-8-19(37)56-12-11-30-18(36)9-10-31-26(40)23(39)28(2,3)14-49-55(46,47)52-54(44,45)48-13-17-22(51-53(41,42)43)21(38)27(50-17)35-16-34-20-24(29)32-15-33-25(20)35;;/h15-17,21-23,27,38-39H,4-14H2,1-3H3,(H,30,36)(H,31,40)(H,44,45)(H,46,47)(H2,29,32,33)(H2,41,42,43);;/q;+1;-1/t17-,21-,22-,23+,27-;;/m1../s1. The van der Waals surface area contributed by atoms with Crippen molar-refractivity contribution in [3.63, 3.8) is 0 Å². The number of carbonyl (C=O) groups excluding carboxylic acids is 3. The molecule has 29 heteroatoms. The Kier molecular flexibility index (Phi) is 20.8. The van der Waals surface area contributed by atoms with Gasteiger partial charge in [-0.05, 0) is 6.42 Å². The van der Waals surface area contributed by atoms with Crippen molar-refractivity contribution in [3.05, 3.63) is 12.7 Å². The smallest absolute Gasteiger partial charge is 1.00 e. The number of nitrogens with zero attached hydrogens (tertiary/aromatic N) is 4. The number of phosphoric ester groups is 3. The van der Waals surface area contributed by atoms with Gasteiger partial charge in [-0.3, -0.25) is 32.5 Å². The number of ether oxygens (including phenoxy) is 1. The molecule has 3 heterocycles. The maximum atomic E-state index is 12.7. The third-order valence-corrected chi connectivity index (χ3v) is 12.0. The summed E-state index contributed by atoms with van der Waals surface area (Å²) in [6.45, 7) is 2.64. The number of aliphatic hydroxyl groups is 2. The second kappa shape index (κ2) is 23.0. The number of unbranched alkanes of at least 4 members (excludes halogenated alkanes) is 3. The van der Waals surface area contributed by atoms with Gasteiger partial charge in [0.05, 0.1) is 19.5 Å². The number of aromatic nitrogens is 4.